The van der Waals surface area contributed by atoms with E-state index in [1.165, 1.54) is 62.5 Å². The van der Waals surface area contributed by atoms with Crippen molar-refractivity contribution in [2.45, 2.75) is 63.2 Å². The summed E-state index contributed by atoms with van der Waals surface area (Å²) in [5, 5.41) is 0. The van der Waals surface area contributed by atoms with E-state index in [-0.39, 0.29) is 0 Å². The van der Waals surface area contributed by atoms with Crippen molar-refractivity contribution in [2.75, 3.05) is 0 Å². The van der Waals surface area contributed by atoms with E-state index in [4.69, 9.17) is 9.47 Å². The molecule has 4 rings (SSSR count). The predicted octanol–water partition coefficient (Wildman–Crippen LogP) is 6.58. The Balaban J connectivity index is 1.31. The summed E-state index contributed by atoms with van der Waals surface area (Å²) in [5.41, 5.74) is 2.68. The summed E-state index contributed by atoms with van der Waals surface area (Å²) >= 11 is 0. The minimum Gasteiger partial charge on any atom is -0.395 e. The second kappa shape index (κ2) is 7.94. The Kier molecular flexibility index (Phi) is 5.24. The molecular formula is C23H26O3. The van der Waals surface area contributed by atoms with Gasteiger partial charge in [-0.25, -0.2) is 4.79 Å². The molecule has 0 amide bonds. The van der Waals surface area contributed by atoms with Crippen molar-refractivity contribution >= 4 is 6.16 Å². The van der Waals surface area contributed by atoms with Gasteiger partial charge in [0.15, 0.2) is 0 Å². The molecule has 2 aliphatic rings. The van der Waals surface area contributed by atoms with Crippen LogP contribution in [0.15, 0.2) is 48.5 Å². The highest BCUT2D eigenvalue weighted by Gasteiger charge is 2.18. The smallest absolute Gasteiger partial charge is 0.395 e. The average molecular weight is 350 g/mol. The number of hydrogen-bond acceptors (Lipinski definition) is 3. The molecule has 0 saturated heterocycles. The Bertz CT molecular complexity index is 658. The summed E-state index contributed by atoms with van der Waals surface area (Å²) in [5.74, 6) is 2.38. The molecule has 2 saturated carbocycles. The lowest BCUT2D eigenvalue weighted by Gasteiger charge is -2.11. The van der Waals surface area contributed by atoms with Crippen molar-refractivity contribution in [3.63, 3.8) is 0 Å². The third-order valence-corrected chi connectivity index (χ3v) is 5.82. The highest BCUT2D eigenvalue weighted by Crippen LogP contribution is 2.35. The molecule has 2 aliphatic carbocycles. The van der Waals surface area contributed by atoms with Gasteiger partial charge < -0.3 is 9.47 Å². The Hall–Kier alpha value is -2.29. The molecule has 0 heterocycles. The molecule has 0 bridgehead atoms. The van der Waals surface area contributed by atoms with Gasteiger partial charge in [-0.05, 0) is 72.9 Å². The molecule has 0 aromatic heterocycles. The van der Waals surface area contributed by atoms with Crippen LogP contribution in [0.1, 0.15) is 74.3 Å². The molecular weight excluding hydrogens is 324 g/mol. The number of ether oxygens (including phenoxy) is 2. The number of rotatable bonds is 4. The van der Waals surface area contributed by atoms with Crippen molar-refractivity contribution in [3.8, 4) is 11.5 Å². The largest absolute Gasteiger partial charge is 0.519 e. The lowest BCUT2D eigenvalue weighted by atomic mass is 9.98. The monoisotopic (exact) mass is 350 g/mol. The maximum Gasteiger partial charge on any atom is 0.519 e. The lowest BCUT2D eigenvalue weighted by molar-refractivity contribution is 0.152. The molecule has 0 radical (unpaired) electrons. The van der Waals surface area contributed by atoms with Gasteiger partial charge in [-0.2, -0.15) is 0 Å². The van der Waals surface area contributed by atoms with Crippen LogP contribution in [0.3, 0.4) is 0 Å². The minimum atomic E-state index is -0.688. The molecule has 2 aromatic carbocycles. The van der Waals surface area contributed by atoms with Gasteiger partial charge in [0.1, 0.15) is 11.5 Å². The first-order chi connectivity index (χ1) is 12.8. The highest BCUT2D eigenvalue weighted by atomic mass is 16.7. The average Bonchev–Trinajstić information content (AvgIpc) is 3.37. The molecule has 2 fully saturated rings. The fraction of sp³-hybridized carbons (Fsp3) is 0.435. The first-order valence-electron chi connectivity index (χ1n) is 9.87. The fourth-order valence-corrected chi connectivity index (χ4v) is 4.35. The van der Waals surface area contributed by atoms with Crippen molar-refractivity contribution in [1.29, 1.82) is 0 Å². The third kappa shape index (κ3) is 4.09. The highest BCUT2D eigenvalue weighted by molar-refractivity contribution is 5.67. The van der Waals surface area contributed by atoms with E-state index in [0.717, 1.165) is 0 Å². The van der Waals surface area contributed by atoms with Gasteiger partial charge in [0.25, 0.3) is 0 Å². The Morgan fingerprint density at radius 1 is 0.615 bits per heavy atom. The van der Waals surface area contributed by atoms with E-state index < -0.39 is 6.16 Å². The van der Waals surface area contributed by atoms with Gasteiger partial charge >= 0.3 is 6.16 Å². The summed E-state index contributed by atoms with van der Waals surface area (Å²) in [6.45, 7) is 0. The Labute approximate surface area is 155 Å². The van der Waals surface area contributed by atoms with Crippen molar-refractivity contribution in [3.05, 3.63) is 59.7 Å². The molecule has 0 spiro atoms. The molecule has 0 atom stereocenters. The second-order valence-electron chi connectivity index (χ2n) is 7.55. The van der Waals surface area contributed by atoms with E-state index in [1.54, 1.807) is 0 Å². The number of benzene rings is 2. The van der Waals surface area contributed by atoms with Crippen molar-refractivity contribution < 1.29 is 14.3 Å². The summed E-state index contributed by atoms with van der Waals surface area (Å²) < 4.78 is 10.6. The number of carbonyl (C=O) groups excluding carboxylic acids is 1. The summed E-state index contributed by atoms with van der Waals surface area (Å²) in [4.78, 5) is 12.0. The summed E-state index contributed by atoms with van der Waals surface area (Å²) in [6.07, 6.45) is 9.62. The van der Waals surface area contributed by atoms with Gasteiger partial charge in [0, 0.05) is 0 Å². The maximum atomic E-state index is 12.0. The van der Waals surface area contributed by atoms with Crippen molar-refractivity contribution in [2.24, 2.45) is 0 Å². The molecule has 136 valence electrons. The zero-order valence-corrected chi connectivity index (χ0v) is 15.2. The first kappa shape index (κ1) is 17.1. The molecule has 3 heteroatoms. The van der Waals surface area contributed by atoms with E-state index in [1.807, 2.05) is 24.3 Å². The Morgan fingerprint density at radius 2 is 0.962 bits per heavy atom. The molecule has 0 aliphatic heterocycles. The minimum absolute atomic E-state index is 0.527. The summed E-state index contributed by atoms with van der Waals surface area (Å²) in [6, 6.07) is 15.7. The van der Waals surface area contributed by atoms with E-state index in [0.29, 0.717) is 23.3 Å². The molecule has 26 heavy (non-hydrogen) atoms. The normalized spacial score (nSPS) is 18.2. The molecule has 0 N–H and O–H groups in total. The number of carbonyl (C=O) groups is 1. The van der Waals surface area contributed by atoms with Crippen LogP contribution in [0.2, 0.25) is 0 Å². The van der Waals surface area contributed by atoms with Crippen LogP contribution < -0.4 is 9.47 Å². The SMILES string of the molecule is O=C(Oc1ccc(C2CCCC2)cc1)Oc1ccc(C2CCCC2)cc1. The van der Waals surface area contributed by atoms with Gasteiger partial charge in [-0.15, -0.1) is 0 Å². The first-order valence-corrected chi connectivity index (χ1v) is 9.87. The van der Waals surface area contributed by atoms with Crippen LogP contribution in [0, 0.1) is 0 Å². The third-order valence-electron chi connectivity index (χ3n) is 5.82. The number of hydrogen-bond donors (Lipinski definition) is 0. The zero-order chi connectivity index (χ0) is 17.8. The van der Waals surface area contributed by atoms with Gasteiger partial charge in [0.05, 0.1) is 0 Å². The van der Waals surface area contributed by atoms with E-state index >= 15 is 0 Å². The van der Waals surface area contributed by atoms with Gasteiger partial charge in [0.2, 0.25) is 0 Å². The quantitative estimate of drug-likeness (QED) is 0.461. The molecule has 3 nitrogen and oxygen atoms in total. The second-order valence-corrected chi connectivity index (χ2v) is 7.55. The van der Waals surface area contributed by atoms with Crippen LogP contribution >= 0.6 is 0 Å². The topological polar surface area (TPSA) is 35.5 Å². The van der Waals surface area contributed by atoms with Crippen LogP contribution in [0.25, 0.3) is 0 Å². The predicted molar refractivity (Wildman–Crippen MR) is 102 cm³/mol. The fourth-order valence-electron chi connectivity index (χ4n) is 4.35. The lowest BCUT2D eigenvalue weighted by Crippen LogP contribution is -2.13. The van der Waals surface area contributed by atoms with Gasteiger partial charge in [-0.3, -0.25) is 0 Å². The zero-order valence-electron chi connectivity index (χ0n) is 15.2. The maximum absolute atomic E-state index is 12.0. The Morgan fingerprint density at radius 3 is 1.31 bits per heavy atom. The van der Waals surface area contributed by atoms with E-state index in [2.05, 4.69) is 24.3 Å². The van der Waals surface area contributed by atoms with E-state index in [9.17, 15) is 4.79 Å². The molecule has 2 aromatic rings. The standard InChI is InChI=1S/C23H26O3/c24-23(25-21-13-9-19(10-14-21)17-5-1-2-6-17)26-22-15-11-20(12-16-22)18-7-3-4-8-18/h9-18H,1-8H2. The van der Waals surface area contributed by atoms with Gasteiger partial charge in [-0.1, -0.05) is 49.9 Å². The van der Waals surface area contributed by atoms with Crippen LogP contribution in [0.5, 0.6) is 11.5 Å². The van der Waals surface area contributed by atoms with Crippen LogP contribution in [-0.4, -0.2) is 6.16 Å². The van der Waals surface area contributed by atoms with Crippen molar-refractivity contribution in [1.82, 2.24) is 0 Å². The van der Waals surface area contributed by atoms with Crippen LogP contribution in [0.4, 0.5) is 4.79 Å². The molecule has 0 unspecified atom stereocenters. The van der Waals surface area contributed by atoms with Crippen LogP contribution in [-0.2, 0) is 0 Å². The summed E-state index contributed by atoms with van der Waals surface area (Å²) in [7, 11) is 0.